The lowest BCUT2D eigenvalue weighted by Crippen LogP contribution is -2.54. The maximum atomic E-state index is 13.1. The van der Waals surface area contributed by atoms with Crippen molar-refractivity contribution in [2.75, 3.05) is 6.54 Å². The van der Waals surface area contributed by atoms with Crippen LogP contribution < -0.4 is 5.32 Å². The van der Waals surface area contributed by atoms with Gasteiger partial charge in [0.1, 0.15) is 0 Å². The Bertz CT molecular complexity index is 192. The molecule has 0 saturated heterocycles. The maximum absolute atomic E-state index is 13.1. The van der Waals surface area contributed by atoms with Gasteiger partial charge in [0.25, 0.3) is 6.43 Å². The summed E-state index contributed by atoms with van der Waals surface area (Å²) in [7, 11) is 0. The molecule has 0 heterocycles. The topological polar surface area (TPSA) is 12.0 Å². The zero-order valence-corrected chi connectivity index (χ0v) is 10.1. The van der Waals surface area contributed by atoms with E-state index in [0.29, 0.717) is 19.4 Å². The van der Waals surface area contributed by atoms with E-state index in [2.05, 4.69) is 19.2 Å². The van der Waals surface area contributed by atoms with Crippen LogP contribution in [0.5, 0.6) is 0 Å². The first kappa shape index (κ1) is 12.9. The van der Waals surface area contributed by atoms with E-state index in [1.54, 1.807) is 0 Å². The first-order valence-corrected chi connectivity index (χ1v) is 5.95. The fraction of sp³-hybridized carbons (Fsp3) is 1.00. The molecule has 0 unspecified atom stereocenters. The molecular weight excluding hydrogens is 196 g/mol. The molecule has 90 valence electrons. The van der Waals surface area contributed by atoms with E-state index in [9.17, 15) is 8.78 Å². The van der Waals surface area contributed by atoms with Gasteiger partial charge in [-0.15, -0.1) is 0 Å². The first-order valence-electron chi connectivity index (χ1n) is 5.95. The lowest BCUT2D eigenvalue weighted by molar-refractivity contribution is -0.0139. The van der Waals surface area contributed by atoms with E-state index in [1.165, 1.54) is 0 Å². The van der Waals surface area contributed by atoms with Crippen molar-refractivity contribution in [3.8, 4) is 0 Å². The zero-order valence-electron chi connectivity index (χ0n) is 10.1. The SMILES string of the molecule is CCCNC1(C(F)F)CCC(C)(C)CC1. The smallest absolute Gasteiger partial charge is 0.256 e. The Kier molecular flexibility index (Phi) is 4.10. The Morgan fingerprint density at radius 3 is 2.07 bits per heavy atom. The van der Waals surface area contributed by atoms with E-state index in [-0.39, 0.29) is 5.41 Å². The summed E-state index contributed by atoms with van der Waals surface area (Å²) in [6.07, 6.45) is 1.69. The molecule has 0 amide bonds. The lowest BCUT2D eigenvalue weighted by atomic mass is 9.69. The van der Waals surface area contributed by atoms with E-state index >= 15 is 0 Å². The van der Waals surface area contributed by atoms with Gasteiger partial charge in [-0.1, -0.05) is 20.8 Å². The molecule has 15 heavy (non-hydrogen) atoms. The molecular formula is C12H23F2N. The predicted molar refractivity (Wildman–Crippen MR) is 59.3 cm³/mol. The normalized spacial score (nSPS) is 24.4. The second-order valence-corrected chi connectivity index (χ2v) is 5.55. The van der Waals surface area contributed by atoms with Crippen LogP contribution in [0.1, 0.15) is 52.9 Å². The number of nitrogens with one attached hydrogen (secondary N) is 1. The van der Waals surface area contributed by atoms with Crippen LogP contribution in [0, 0.1) is 5.41 Å². The minimum Gasteiger partial charge on any atom is -0.306 e. The highest BCUT2D eigenvalue weighted by Gasteiger charge is 2.44. The van der Waals surface area contributed by atoms with Gasteiger partial charge in [0.05, 0.1) is 5.54 Å². The van der Waals surface area contributed by atoms with E-state index in [0.717, 1.165) is 19.3 Å². The summed E-state index contributed by atoms with van der Waals surface area (Å²) >= 11 is 0. The summed E-state index contributed by atoms with van der Waals surface area (Å²) in [5.41, 5.74) is -0.655. The van der Waals surface area contributed by atoms with Gasteiger partial charge in [0, 0.05) is 0 Å². The van der Waals surface area contributed by atoms with Crippen molar-refractivity contribution in [1.29, 1.82) is 0 Å². The molecule has 0 spiro atoms. The summed E-state index contributed by atoms with van der Waals surface area (Å²) in [5, 5.41) is 3.07. The van der Waals surface area contributed by atoms with Crippen molar-refractivity contribution in [3.63, 3.8) is 0 Å². The monoisotopic (exact) mass is 219 g/mol. The summed E-state index contributed by atoms with van der Waals surface area (Å²) in [4.78, 5) is 0. The van der Waals surface area contributed by atoms with Gasteiger partial charge in [-0.05, 0) is 44.1 Å². The van der Waals surface area contributed by atoms with Crippen molar-refractivity contribution < 1.29 is 8.78 Å². The standard InChI is InChI=1S/C12H23F2N/c1-4-9-15-12(10(13)14)7-5-11(2,3)6-8-12/h10,15H,4-9H2,1-3H3. The van der Waals surface area contributed by atoms with Crippen molar-refractivity contribution in [3.05, 3.63) is 0 Å². The second-order valence-electron chi connectivity index (χ2n) is 5.55. The van der Waals surface area contributed by atoms with Crippen LogP contribution in [-0.4, -0.2) is 18.5 Å². The van der Waals surface area contributed by atoms with Gasteiger partial charge in [0.15, 0.2) is 0 Å². The van der Waals surface area contributed by atoms with E-state index in [4.69, 9.17) is 0 Å². The molecule has 0 aromatic heterocycles. The molecule has 1 aliphatic rings. The van der Waals surface area contributed by atoms with Crippen LogP contribution in [0.3, 0.4) is 0 Å². The van der Waals surface area contributed by atoms with E-state index < -0.39 is 12.0 Å². The summed E-state index contributed by atoms with van der Waals surface area (Å²) < 4.78 is 26.2. The number of alkyl halides is 2. The van der Waals surface area contributed by atoms with Crippen LogP contribution >= 0.6 is 0 Å². The van der Waals surface area contributed by atoms with Gasteiger partial charge < -0.3 is 5.32 Å². The molecule has 0 aromatic carbocycles. The van der Waals surface area contributed by atoms with Crippen molar-refractivity contribution in [1.82, 2.24) is 5.32 Å². The van der Waals surface area contributed by atoms with Crippen LogP contribution in [-0.2, 0) is 0 Å². The highest BCUT2D eigenvalue weighted by Crippen LogP contribution is 2.42. The summed E-state index contributed by atoms with van der Waals surface area (Å²) in [5.74, 6) is 0. The average Bonchev–Trinajstić information content (AvgIpc) is 2.16. The van der Waals surface area contributed by atoms with Gasteiger partial charge in [-0.25, -0.2) is 8.78 Å². The second kappa shape index (κ2) is 4.77. The van der Waals surface area contributed by atoms with Gasteiger partial charge >= 0.3 is 0 Å². The Hall–Kier alpha value is -0.180. The third kappa shape index (κ3) is 3.13. The molecule has 1 saturated carbocycles. The zero-order chi connectivity index (χ0) is 11.5. The number of rotatable bonds is 4. The lowest BCUT2D eigenvalue weighted by Gasteiger charge is -2.43. The Morgan fingerprint density at radius 2 is 1.67 bits per heavy atom. The fourth-order valence-electron chi connectivity index (χ4n) is 2.22. The third-order valence-electron chi connectivity index (χ3n) is 3.64. The van der Waals surface area contributed by atoms with Crippen LogP contribution in [0.4, 0.5) is 8.78 Å². The highest BCUT2D eigenvalue weighted by molar-refractivity contribution is 4.97. The van der Waals surface area contributed by atoms with Gasteiger partial charge in [-0.3, -0.25) is 0 Å². The molecule has 3 heteroatoms. The highest BCUT2D eigenvalue weighted by atomic mass is 19.3. The molecule has 1 aliphatic carbocycles. The molecule has 1 rings (SSSR count). The quantitative estimate of drug-likeness (QED) is 0.762. The number of halogens is 2. The molecule has 1 fully saturated rings. The summed E-state index contributed by atoms with van der Waals surface area (Å²) in [6, 6.07) is 0. The van der Waals surface area contributed by atoms with Crippen molar-refractivity contribution >= 4 is 0 Å². The molecule has 0 bridgehead atoms. The minimum absolute atomic E-state index is 0.242. The van der Waals surface area contributed by atoms with Gasteiger partial charge in [-0.2, -0.15) is 0 Å². The fourth-order valence-corrected chi connectivity index (χ4v) is 2.22. The maximum Gasteiger partial charge on any atom is 0.256 e. The van der Waals surface area contributed by atoms with E-state index in [1.807, 2.05) is 6.92 Å². The molecule has 1 N–H and O–H groups in total. The number of hydrogen-bond donors (Lipinski definition) is 1. The summed E-state index contributed by atoms with van der Waals surface area (Å²) in [6.45, 7) is 7.05. The van der Waals surface area contributed by atoms with Crippen LogP contribution in [0.15, 0.2) is 0 Å². The van der Waals surface area contributed by atoms with Crippen molar-refractivity contribution in [2.45, 2.75) is 64.8 Å². The molecule has 0 aliphatic heterocycles. The molecule has 1 nitrogen and oxygen atoms in total. The third-order valence-corrected chi connectivity index (χ3v) is 3.64. The van der Waals surface area contributed by atoms with Crippen molar-refractivity contribution in [2.24, 2.45) is 5.41 Å². The molecule has 0 atom stereocenters. The molecule has 0 aromatic rings. The predicted octanol–water partition coefficient (Wildman–Crippen LogP) is 3.59. The van der Waals surface area contributed by atoms with Crippen LogP contribution in [0.25, 0.3) is 0 Å². The Balaban J connectivity index is 2.60. The number of hydrogen-bond acceptors (Lipinski definition) is 1. The molecule has 0 radical (unpaired) electrons. The largest absolute Gasteiger partial charge is 0.306 e. The Labute approximate surface area is 91.6 Å². The van der Waals surface area contributed by atoms with Crippen LogP contribution in [0.2, 0.25) is 0 Å². The Morgan fingerprint density at radius 1 is 1.13 bits per heavy atom. The first-order chi connectivity index (χ1) is 6.92. The minimum atomic E-state index is -2.24. The van der Waals surface area contributed by atoms with Gasteiger partial charge in [0.2, 0.25) is 0 Å². The average molecular weight is 219 g/mol.